The molecule has 4 nitrogen and oxygen atoms in total. The number of benzene rings is 1. The van der Waals surface area contributed by atoms with Crippen molar-refractivity contribution in [1.82, 2.24) is 4.98 Å². The Kier molecular flexibility index (Phi) is 4.22. The Morgan fingerprint density at radius 2 is 1.80 bits per heavy atom. The minimum atomic E-state index is -3.72. The van der Waals surface area contributed by atoms with Gasteiger partial charge < -0.3 is 0 Å². The van der Waals surface area contributed by atoms with Gasteiger partial charge in [-0.2, -0.15) is 0 Å². The third-order valence-electron chi connectivity index (χ3n) is 2.74. The molecule has 1 aromatic heterocycles. The zero-order valence-corrected chi connectivity index (χ0v) is 13.1. The van der Waals surface area contributed by atoms with Crippen LogP contribution in [0.4, 0.5) is 5.69 Å². The fourth-order valence-corrected chi connectivity index (χ4v) is 3.52. The van der Waals surface area contributed by atoms with Crippen molar-refractivity contribution in [1.29, 1.82) is 0 Å². The standard InChI is InChI=1S/C13H12Cl2N2O2S/c1-8-3-4-10(14)7-12(8)20(18,19)17-11-5-6-13(15)16-9(11)2/h3-7,17H,1-2H3. The minimum absolute atomic E-state index is 0.138. The SMILES string of the molecule is Cc1ccc(Cl)cc1S(=O)(=O)Nc1ccc(Cl)nc1C. The van der Waals surface area contributed by atoms with Crippen LogP contribution in [0.25, 0.3) is 0 Å². The van der Waals surface area contributed by atoms with Crippen molar-refractivity contribution in [2.45, 2.75) is 18.7 Å². The molecule has 0 aliphatic carbocycles. The van der Waals surface area contributed by atoms with Gasteiger partial charge in [-0.1, -0.05) is 29.3 Å². The van der Waals surface area contributed by atoms with Gasteiger partial charge in [-0.25, -0.2) is 13.4 Å². The number of aromatic nitrogens is 1. The molecule has 2 aromatic rings. The molecule has 1 aromatic carbocycles. The van der Waals surface area contributed by atoms with Crippen LogP contribution in [0, 0.1) is 13.8 Å². The first-order chi connectivity index (χ1) is 9.29. The topological polar surface area (TPSA) is 59.1 Å². The molecule has 0 bridgehead atoms. The second kappa shape index (κ2) is 5.60. The van der Waals surface area contributed by atoms with Gasteiger partial charge in [0.15, 0.2) is 0 Å². The zero-order chi connectivity index (χ0) is 14.9. The smallest absolute Gasteiger partial charge is 0.262 e. The molecule has 106 valence electrons. The van der Waals surface area contributed by atoms with Gasteiger partial charge in [0.1, 0.15) is 5.15 Å². The first kappa shape index (κ1) is 15.1. The van der Waals surface area contributed by atoms with Crippen LogP contribution in [0.5, 0.6) is 0 Å². The lowest BCUT2D eigenvalue weighted by Crippen LogP contribution is -2.15. The number of nitrogens with zero attached hydrogens (tertiary/aromatic N) is 1. The van der Waals surface area contributed by atoms with Crippen LogP contribution in [-0.2, 0) is 10.0 Å². The van der Waals surface area contributed by atoms with Crippen LogP contribution in [0.15, 0.2) is 35.2 Å². The monoisotopic (exact) mass is 330 g/mol. The van der Waals surface area contributed by atoms with E-state index in [4.69, 9.17) is 23.2 Å². The van der Waals surface area contributed by atoms with E-state index in [-0.39, 0.29) is 4.90 Å². The molecule has 0 fully saturated rings. The van der Waals surface area contributed by atoms with E-state index in [1.807, 2.05) is 0 Å². The van der Waals surface area contributed by atoms with Crippen LogP contribution in [-0.4, -0.2) is 13.4 Å². The summed E-state index contributed by atoms with van der Waals surface area (Å²) in [6, 6.07) is 7.81. The second-order valence-electron chi connectivity index (χ2n) is 4.28. The normalized spacial score (nSPS) is 11.4. The molecule has 0 unspecified atom stereocenters. The molecule has 20 heavy (non-hydrogen) atoms. The largest absolute Gasteiger partial charge is 0.278 e. The van der Waals surface area contributed by atoms with Gasteiger partial charge in [0.05, 0.1) is 16.3 Å². The molecule has 1 N–H and O–H groups in total. The maximum atomic E-state index is 12.4. The lowest BCUT2D eigenvalue weighted by atomic mass is 10.2. The first-order valence-corrected chi connectivity index (χ1v) is 7.95. The molecule has 2 rings (SSSR count). The number of aryl methyl sites for hydroxylation is 2. The Hall–Kier alpha value is -1.30. The highest BCUT2D eigenvalue weighted by molar-refractivity contribution is 7.92. The number of pyridine rings is 1. The van der Waals surface area contributed by atoms with Gasteiger partial charge in [-0.15, -0.1) is 0 Å². The molecule has 0 saturated heterocycles. The number of hydrogen-bond donors (Lipinski definition) is 1. The molecule has 0 aliphatic rings. The Morgan fingerprint density at radius 1 is 1.10 bits per heavy atom. The van der Waals surface area contributed by atoms with E-state index in [9.17, 15) is 8.42 Å². The molecule has 0 saturated carbocycles. The van der Waals surface area contributed by atoms with Gasteiger partial charge in [0.2, 0.25) is 0 Å². The van der Waals surface area contributed by atoms with Crippen molar-refractivity contribution < 1.29 is 8.42 Å². The average Bonchev–Trinajstić information content (AvgIpc) is 2.35. The zero-order valence-electron chi connectivity index (χ0n) is 10.8. The van der Waals surface area contributed by atoms with Crippen molar-refractivity contribution in [3.05, 3.63) is 51.8 Å². The highest BCUT2D eigenvalue weighted by Gasteiger charge is 2.18. The van der Waals surface area contributed by atoms with Crippen LogP contribution in [0.2, 0.25) is 10.2 Å². The van der Waals surface area contributed by atoms with Gasteiger partial charge >= 0.3 is 0 Å². The Labute approximate surface area is 127 Å². The average molecular weight is 331 g/mol. The summed E-state index contributed by atoms with van der Waals surface area (Å²) in [4.78, 5) is 4.14. The van der Waals surface area contributed by atoms with E-state index in [0.717, 1.165) is 0 Å². The summed E-state index contributed by atoms with van der Waals surface area (Å²) in [5.41, 5.74) is 1.50. The number of anilines is 1. The second-order valence-corrected chi connectivity index (χ2v) is 6.76. The maximum Gasteiger partial charge on any atom is 0.262 e. The molecule has 0 amide bonds. The molecule has 0 spiro atoms. The maximum absolute atomic E-state index is 12.4. The summed E-state index contributed by atoms with van der Waals surface area (Å²) in [6.45, 7) is 3.38. The van der Waals surface area contributed by atoms with Crippen LogP contribution in [0.1, 0.15) is 11.3 Å². The molecule has 7 heteroatoms. The number of hydrogen-bond acceptors (Lipinski definition) is 3. The first-order valence-electron chi connectivity index (χ1n) is 5.72. The van der Waals surface area contributed by atoms with Gasteiger partial charge in [0.25, 0.3) is 10.0 Å². The third kappa shape index (κ3) is 3.23. The number of nitrogens with one attached hydrogen (secondary N) is 1. The third-order valence-corrected chi connectivity index (χ3v) is 4.69. The van der Waals surface area contributed by atoms with Gasteiger partial charge in [0, 0.05) is 5.02 Å². The van der Waals surface area contributed by atoms with E-state index in [2.05, 4.69) is 9.71 Å². The molecule has 0 atom stereocenters. The van der Waals surface area contributed by atoms with E-state index in [1.165, 1.54) is 12.1 Å². The highest BCUT2D eigenvalue weighted by atomic mass is 35.5. The van der Waals surface area contributed by atoms with E-state index in [0.29, 0.717) is 27.1 Å². The fraction of sp³-hybridized carbons (Fsp3) is 0.154. The Bertz CT molecular complexity index is 761. The minimum Gasteiger partial charge on any atom is -0.278 e. The lowest BCUT2D eigenvalue weighted by Gasteiger charge is -2.12. The van der Waals surface area contributed by atoms with E-state index < -0.39 is 10.0 Å². The van der Waals surface area contributed by atoms with E-state index in [1.54, 1.807) is 32.0 Å². The summed E-state index contributed by atoms with van der Waals surface area (Å²) in [7, 11) is -3.72. The summed E-state index contributed by atoms with van der Waals surface area (Å²) in [6.07, 6.45) is 0. The predicted octanol–water partition coefficient (Wildman–Crippen LogP) is 3.81. The molecule has 1 heterocycles. The van der Waals surface area contributed by atoms with Gasteiger partial charge in [-0.05, 0) is 43.7 Å². The summed E-state index contributed by atoms with van der Waals surface area (Å²) < 4.78 is 27.3. The summed E-state index contributed by atoms with van der Waals surface area (Å²) in [5, 5.41) is 0.673. The fourth-order valence-electron chi connectivity index (χ4n) is 1.70. The number of halogens is 2. The van der Waals surface area contributed by atoms with Crippen LogP contribution >= 0.6 is 23.2 Å². The van der Waals surface area contributed by atoms with Crippen molar-refractivity contribution >= 4 is 38.9 Å². The highest BCUT2D eigenvalue weighted by Crippen LogP contribution is 2.24. The summed E-state index contributed by atoms with van der Waals surface area (Å²) in [5.74, 6) is 0. The van der Waals surface area contributed by atoms with Crippen molar-refractivity contribution in [2.75, 3.05) is 4.72 Å². The van der Waals surface area contributed by atoms with Crippen molar-refractivity contribution in [3.8, 4) is 0 Å². The van der Waals surface area contributed by atoms with Crippen LogP contribution < -0.4 is 4.72 Å². The molecule has 0 aliphatic heterocycles. The molecular weight excluding hydrogens is 319 g/mol. The van der Waals surface area contributed by atoms with Crippen molar-refractivity contribution in [3.63, 3.8) is 0 Å². The quantitative estimate of drug-likeness (QED) is 0.870. The molecular formula is C13H12Cl2N2O2S. The number of rotatable bonds is 3. The molecule has 0 radical (unpaired) electrons. The van der Waals surface area contributed by atoms with Crippen LogP contribution in [0.3, 0.4) is 0 Å². The van der Waals surface area contributed by atoms with Gasteiger partial charge in [-0.3, -0.25) is 4.72 Å². The lowest BCUT2D eigenvalue weighted by molar-refractivity contribution is 0.600. The summed E-state index contributed by atoms with van der Waals surface area (Å²) >= 11 is 11.6. The predicted molar refractivity (Wildman–Crippen MR) is 81.0 cm³/mol. The number of sulfonamides is 1. The van der Waals surface area contributed by atoms with E-state index >= 15 is 0 Å². The Morgan fingerprint density at radius 3 is 2.45 bits per heavy atom. The Balaban J connectivity index is 2.43. The van der Waals surface area contributed by atoms with Crippen molar-refractivity contribution in [2.24, 2.45) is 0 Å².